The van der Waals surface area contributed by atoms with E-state index in [1.807, 2.05) is 6.07 Å². The van der Waals surface area contributed by atoms with Gasteiger partial charge in [0, 0.05) is 28.1 Å². The van der Waals surface area contributed by atoms with Crippen LogP contribution in [-0.2, 0) is 37.2 Å². The standard InChI is InChI=1S/C33H32Cl2FNO6S/c34-28-2-1-3-29(35)26(28)19-43-24-11-14-27-22(18-24)8-15-30-33(27,44(41,42)25-12-9-23(36)10-13-25)16-17-37(30)31(38)20-4-6-21(7-5-20)32(39)40/h1-3,9-14,18,20-21,30H,4-8,15-17,19H2,(H,39,40)/t20-,21-,30-,33-/m1/s1. The lowest BCUT2D eigenvalue weighted by Crippen LogP contribution is -2.53. The van der Waals surface area contributed by atoms with Crippen LogP contribution in [0.15, 0.2) is 65.6 Å². The molecule has 3 aromatic carbocycles. The van der Waals surface area contributed by atoms with Crippen LogP contribution in [0.4, 0.5) is 4.39 Å². The molecule has 0 aromatic heterocycles. The number of carbonyl (C=O) groups excluding carboxylic acids is 1. The van der Waals surface area contributed by atoms with Gasteiger partial charge < -0.3 is 14.7 Å². The van der Waals surface area contributed by atoms with Crippen molar-refractivity contribution in [1.82, 2.24) is 4.90 Å². The maximum absolute atomic E-state index is 14.6. The van der Waals surface area contributed by atoms with Gasteiger partial charge in [-0.3, -0.25) is 9.59 Å². The molecular formula is C33H32Cl2FNO6S. The first kappa shape index (κ1) is 30.9. The monoisotopic (exact) mass is 659 g/mol. The smallest absolute Gasteiger partial charge is 0.306 e. The average Bonchev–Trinajstić information content (AvgIpc) is 3.42. The lowest BCUT2D eigenvalue weighted by molar-refractivity contribution is -0.146. The maximum Gasteiger partial charge on any atom is 0.306 e. The van der Waals surface area contributed by atoms with E-state index in [0.29, 0.717) is 65.4 Å². The van der Waals surface area contributed by atoms with Crippen LogP contribution in [0.5, 0.6) is 5.75 Å². The highest BCUT2D eigenvalue weighted by Gasteiger charge is 2.61. The van der Waals surface area contributed by atoms with Crippen LogP contribution in [0.2, 0.25) is 10.0 Å². The summed E-state index contributed by atoms with van der Waals surface area (Å²) in [5, 5.41) is 10.4. The fourth-order valence-electron chi connectivity index (χ4n) is 7.33. The van der Waals surface area contributed by atoms with Crippen molar-refractivity contribution in [1.29, 1.82) is 0 Å². The molecule has 2 aliphatic carbocycles. The number of carboxylic acids is 1. The van der Waals surface area contributed by atoms with Crippen LogP contribution in [0.1, 0.15) is 55.2 Å². The van der Waals surface area contributed by atoms with Gasteiger partial charge in [-0.1, -0.05) is 35.3 Å². The number of rotatable bonds is 7. The second-order valence-corrected chi connectivity index (χ2v) is 14.9. The minimum absolute atomic E-state index is 0.00158. The Morgan fingerprint density at radius 1 is 0.955 bits per heavy atom. The van der Waals surface area contributed by atoms with Crippen LogP contribution >= 0.6 is 23.2 Å². The van der Waals surface area contributed by atoms with Crippen molar-refractivity contribution in [3.8, 4) is 5.75 Å². The number of ether oxygens (including phenoxy) is 1. The predicted molar refractivity (Wildman–Crippen MR) is 164 cm³/mol. The number of amides is 1. The van der Waals surface area contributed by atoms with Crippen LogP contribution in [0, 0.1) is 17.7 Å². The van der Waals surface area contributed by atoms with Gasteiger partial charge in [-0.15, -0.1) is 0 Å². The molecule has 2 fully saturated rings. The lowest BCUT2D eigenvalue weighted by atomic mass is 9.77. The Hall–Kier alpha value is -3.14. The number of aliphatic carboxylic acids is 1. The van der Waals surface area contributed by atoms with Crippen molar-refractivity contribution in [2.24, 2.45) is 11.8 Å². The molecule has 0 radical (unpaired) electrons. The number of aryl methyl sites for hydroxylation is 1. The average molecular weight is 661 g/mol. The summed E-state index contributed by atoms with van der Waals surface area (Å²) < 4.78 is 47.7. The molecule has 11 heteroatoms. The third-order valence-corrected chi connectivity index (χ3v) is 12.9. The van der Waals surface area contributed by atoms with Gasteiger partial charge in [-0.05, 0) is 105 Å². The molecule has 1 aliphatic heterocycles. The van der Waals surface area contributed by atoms with Crippen molar-refractivity contribution in [2.45, 2.75) is 67.2 Å². The summed E-state index contributed by atoms with van der Waals surface area (Å²) >= 11 is 12.6. The van der Waals surface area contributed by atoms with Gasteiger partial charge in [0.1, 0.15) is 22.9 Å². The summed E-state index contributed by atoms with van der Waals surface area (Å²) in [6.45, 7) is 0.386. The number of nitrogens with zero attached hydrogens (tertiary/aromatic N) is 1. The SMILES string of the molecule is O=C(O)[C@H]1CC[C@H](C(=O)N2CC[C@@]3(S(=O)(=O)c4ccc(F)cc4)c4ccc(OCc5c(Cl)cccc5Cl)cc4CC[C@@H]23)CC1. The van der Waals surface area contributed by atoms with Crippen molar-refractivity contribution in [3.63, 3.8) is 0 Å². The van der Waals surface area contributed by atoms with Gasteiger partial charge in [0.2, 0.25) is 5.91 Å². The van der Waals surface area contributed by atoms with Gasteiger partial charge in [0.05, 0.1) is 16.9 Å². The molecule has 1 N–H and O–H groups in total. The summed E-state index contributed by atoms with van der Waals surface area (Å²) in [5.74, 6) is -1.76. The summed E-state index contributed by atoms with van der Waals surface area (Å²) in [5.41, 5.74) is 2.07. The first-order valence-electron chi connectivity index (χ1n) is 14.8. The van der Waals surface area contributed by atoms with Crippen molar-refractivity contribution in [3.05, 3.63) is 93.2 Å². The number of hydrogen-bond acceptors (Lipinski definition) is 5. The third-order valence-electron chi connectivity index (χ3n) is 9.62. The first-order valence-corrected chi connectivity index (χ1v) is 17.0. The summed E-state index contributed by atoms with van der Waals surface area (Å²) in [6.07, 6.45) is 2.91. The molecule has 1 heterocycles. The number of benzene rings is 3. The van der Waals surface area contributed by atoms with E-state index in [-0.39, 0.29) is 36.3 Å². The summed E-state index contributed by atoms with van der Waals surface area (Å²) in [4.78, 5) is 27.1. The number of carboxylic acid groups (broad SMARTS) is 1. The Labute approximate surface area is 265 Å². The highest BCUT2D eigenvalue weighted by atomic mass is 35.5. The molecule has 232 valence electrons. The van der Waals surface area contributed by atoms with E-state index in [0.717, 1.165) is 17.7 Å². The quantitative estimate of drug-likeness (QED) is 0.279. The van der Waals surface area contributed by atoms with Gasteiger partial charge in [-0.2, -0.15) is 0 Å². The number of carbonyl (C=O) groups is 2. The molecule has 44 heavy (non-hydrogen) atoms. The molecular weight excluding hydrogens is 628 g/mol. The number of fused-ring (bicyclic) bond motifs is 3. The molecule has 0 spiro atoms. The molecule has 2 atom stereocenters. The maximum atomic E-state index is 14.6. The molecule has 0 bridgehead atoms. The molecule has 3 aliphatic rings. The normalized spacial score (nSPS) is 24.8. The van der Waals surface area contributed by atoms with Gasteiger partial charge >= 0.3 is 5.97 Å². The zero-order valence-corrected chi connectivity index (χ0v) is 26.2. The second-order valence-electron chi connectivity index (χ2n) is 11.9. The second kappa shape index (κ2) is 12.0. The number of sulfone groups is 1. The number of likely N-dealkylation sites (tertiary alicyclic amines) is 1. The van der Waals surface area contributed by atoms with Crippen LogP contribution in [0.25, 0.3) is 0 Å². The molecule has 0 unspecified atom stereocenters. The van der Waals surface area contributed by atoms with E-state index in [1.165, 1.54) is 12.1 Å². The Kier molecular flexibility index (Phi) is 8.41. The zero-order chi connectivity index (χ0) is 31.2. The van der Waals surface area contributed by atoms with E-state index in [9.17, 15) is 27.5 Å². The molecule has 1 amide bonds. The molecule has 1 saturated heterocycles. The molecule has 6 rings (SSSR count). The highest BCUT2D eigenvalue weighted by molar-refractivity contribution is 7.92. The molecule has 1 saturated carbocycles. The van der Waals surface area contributed by atoms with Crippen molar-refractivity contribution < 1.29 is 32.2 Å². The van der Waals surface area contributed by atoms with E-state index >= 15 is 0 Å². The van der Waals surface area contributed by atoms with E-state index in [4.69, 9.17) is 27.9 Å². The largest absolute Gasteiger partial charge is 0.489 e. The Balaban J connectivity index is 1.35. The summed E-state index contributed by atoms with van der Waals surface area (Å²) in [7, 11) is -4.10. The number of hydrogen-bond donors (Lipinski definition) is 1. The van der Waals surface area contributed by atoms with Gasteiger partial charge in [0.25, 0.3) is 0 Å². The van der Waals surface area contributed by atoms with Crippen LogP contribution in [0.3, 0.4) is 0 Å². The predicted octanol–water partition coefficient (Wildman–Crippen LogP) is 6.82. The Morgan fingerprint density at radius 3 is 2.27 bits per heavy atom. The van der Waals surface area contributed by atoms with E-state index in [1.54, 1.807) is 35.2 Å². The van der Waals surface area contributed by atoms with Gasteiger partial charge in [-0.25, -0.2) is 12.8 Å². The fourth-order valence-corrected chi connectivity index (χ4v) is 10.2. The minimum atomic E-state index is -4.10. The topological polar surface area (TPSA) is 101 Å². The minimum Gasteiger partial charge on any atom is -0.489 e. The Bertz CT molecular complexity index is 1690. The molecule has 3 aromatic rings. The summed E-state index contributed by atoms with van der Waals surface area (Å²) in [6, 6.07) is 14.8. The van der Waals surface area contributed by atoms with Gasteiger partial charge in [0.15, 0.2) is 9.84 Å². The van der Waals surface area contributed by atoms with Crippen molar-refractivity contribution in [2.75, 3.05) is 6.54 Å². The van der Waals surface area contributed by atoms with Crippen LogP contribution in [-0.4, -0.2) is 42.9 Å². The lowest BCUT2D eigenvalue weighted by Gasteiger charge is -2.43. The Morgan fingerprint density at radius 2 is 1.61 bits per heavy atom. The fraction of sp³-hybridized carbons (Fsp3) is 0.394. The number of halogens is 3. The third kappa shape index (κ3) is 5.26. The van der Waals surface area contributed by atoms with E-state index in [2.05, 4.69) is 0 Å². The molecule has 7 nitrogen and oxygen atoms in total. The first-order chi connectivity index (χ1) is 21.0. The van der Waals surface area contributed by atoms with E-state index < -0.39 is 38.3 Å². The zero-order valence-electron chi connectivity index (χ0n) is 23.8. The highest BCUT2D eigenvalue weighted by Crippen LogP contribution is 2.53. The van der Waals surface area contributed by atoms with Crippen LogP contribution < -0.4 is 4.74 Å². The van der Waals surface area contributed by atoms with Crippen molar-refractivity contribution >= 4 is 44.9 Å².